The van der Waals surface area contributed by atoms with E-state index in [1.807, 2.05) is 12.1 Å². The molecule has 0 spiro atoms. The minimum Gasteiger partial charge on any atom is -0.497 e. The largest absolute Gasteiger partial charge is 0.497 e. The first-order chi connectivity index (χ1) is 14.4. The van der Waals surface area contributed by atoms with Crippen LogP contribution in [0.5, 0.6) is 5.75 Å². The monoisotopic (exact) mass is 426 g/mol. The number of hydrogen-bond donors (Lipinski definition) is 3. The van der Waals surface area contributed by atoms with E-state index in [0.717, 1.165) is 5.56 Å². The molecule has 0 bridgehead atoms. The number of carbonyl (C=O) groups excluding carboxylic acids is 1. The molecule has 0 atom stereocenters. The molecule has 8 nitrogen and oxygen atoms in total. The number of nitrogens with one attached hydrogen (secondary N) is 3. The van der Waals surface area contributed by atoms with Gasteiger partial charge in [0.1, 0.15) is 5.75 Å². The summed E-state index contributed by atoms with van der Waals surface area (Å²) in [6.07, 6.45) is 3.31. The number of amides is 2. The second-order valence-corrected chi connectivity index (χ2v) is 8.17. The smallest absolute Gasteiger partial charge is 0.319 e. The number of methoxy groups -OCH3 is 1. The van der Waals surface area contributed by atoms with E-state index in [1.165, 1.54) is 0 Å². The number of ether oxygens (including phenoxy) is 1. The van der Waals surface area contributed by atoms with E-state index in [9.17, 15) is 13.2 Å². The van der Waals surface area contributed by atoms with Gasteiger partial charge in [0.15, 0.2) is 0 Å². The van der Waals surface area contributed by atoms with Crippen molar-refractivity contribution >= 4 is 27.4 Å². The molecule has 30 heavy (non-hydrogen) atoms. The molecule has 0 saturated carbocycles. The minimum atomic E-state index is -3.58. The molecule has 0 saturated heterocycles. The van der Waals surface area contributed by atoms with Crippen molar-refractivity contribution in [3.8, 4) is 5.75 Å². The van der Waals surface area contributed by atoms with Crippen molar-refractivity contribution in [3.05, 3.63) is 84.2 Å². The van der Waals surface area contributed by atoms with Gasteiger partial charge in [-0.2, -0.15) is 0 Å². The Morgan fingerprint density at radius 1 is 0.900 bits per heavy atom. The summed E-state index contributed by atoms with van der Waals surface area (Å²) in [4.78, 5) is 15.9. The second kappa shape index (κ2) is 9.75. The maximum absolute atomic E-state index is 12.4. The molecule has 1 aromatic heterocycles. The molecule has 0 radical (unpaired) electrons. The lowest BCUT2D eigenvalue weighted by Gasteiger charge is -2.11. The van der Waals surface area contributed by atoms with Crippen LogP contribution in [-0.4, -0.2) is 26.5 Å². The Morgan fingerprint density at radius 2 is 1.53 bits per heavy atom. The molecule has 0 unspecified atom stereocenters. The van der Waals surface area contributed by atoms with Gasteiger partial charge < -0.3 is 15.4 Å². The highest BCUT2D eigenvalue weighted by molar-refractivity contribution is 7.91. The van der Waals surface area contributed by atoms with Gasteiger partial charge in [-0.15, -0.1) is 0 Å². The third kappa shape index (κ3) is 6.49. The number of pyridine rings is 1. The van der Waals surface area contributed by atoms with Crippen molar-refractivity contribution in [2.75, 3.05) is 17.1 Å². The fourth-order valence-corrected chi connectivity index (χ4v) is 3.84. The van der Waals surface area contributed by atoms with Gasteiger partial charge in [-0.1, -0.05) is 12.1 Å². The lowest BCUT2D eigenvalue weighted by atomic mass is 10.2. The number of rotatable bonds is 8. The number of carbonyl (C=O) groups is 1. The standard InChI is InChI=1S/C21H22N4O4S/c1-29-20-8-2-17(3-9-20)15-30(27,28)25-19-6-4-18(5-7-19)24-21(26)23-14-16-10-12-22-13-11-16/h2-13,25H,14-15H2,1H3,(H2,23,24,26). The molecule has 9 heteroatoms. The van der Waals surface area contributed by atoms with Gasteiger partial charge in [-0.05, 0) is 59.7 Å². The van der Waals surface area contributed by atoms with E-state index in [0.29, 0.717) is 29.2 Å². The number of urea groups is 1. The Bertz CT molecular complexity index is 1070. The molecule has 2 aromatic carbocycles. The number of aromatic nitrogens is 1. The van der Waals surface area contributed by atoms with Crippen LogP contribution in [0.15, 0.2) is 73.1 Å². The van der Waals surface area contributed by atoms with Gasteiger partial charge in [0.05, 0.1) is 12.9 Å². The summed E-state index contributed by atoms with van der Waals surface area (Å²) < 4.78 is 32.4. The average Bonchev–Trinajstić information content (AvgIpc) is 2.74. The highest BCUT2D eigenvalue weighted by Gasteiger charge is 2.12. The predicted octanol–water partition coefficient (Wildman–Crippen LogP) is 3.35. The fourth-order valence-electron chi connectivity index (χ4n) is 2.64. The Balaban J connectivity index is 1.52. The SMILES string of the molecule is COc1ccc(CS(=O)(=O)Nc2ccc(NC(=O)NCc3ccncc3)cc2)cc1. The molecule has 156 valence electrons. The van der Waals surface area contributed by atoms with Crippen LogP contribution in [0.4, 0.5) is 16.2 Å². The number of benzene rings is 2. The zero-order chi connectivity index (χ0) is 21.4. The fraction of sp³-hybridized carbons (Fsp3) is 0.143. The summed E-state index contributed by atoms with van der Waals surface area (Å²) >= 11 is 0. The topological polar surface area (TPSA) is 109 Å². The number of nitrogens with zero attached hydrogens (tertiary/aromatic N) is 1. The van der Waals surface area contributed by atoms with E-state index < -0.39 is 10.0 Å². The molecular weight excluding hydrogens is 404 g/mol. The third-order valence-corrected chi connectivity index (χ3v) is 5.39. The molecule has 0 aliphatic carbocycles. The van der Waals surface area contributed by atoms with E-state index in [2.05, 4.69) is 20.3 Å². The van der Waals surface area contributed by atoms with Crippen LogP contribution in [0.2, 0.25) is 0 Å². The lowest BCUT2D eigenvalue weighted by molar-refractivity contribution is 0.251. The van der Waals surface area contributed by atoms with Crippen LogP contribution in [0, 0.1) is 0 Å². The van der Waals surface area contributed by atoms with E-state index in [-0.39, 0.29) is 11.8 Å². The van der Waals surface area contributed by atoms with Gasteiger partial charge in [-0.25, -0.2) is 13.2 Å². The first-order valence-electron chi connectivity index (χ1n) is 9.11. The summed E-state index contributed by atoms with van der Waals surface area (Å²) in [5.41, 5.74) is 2.53. The first kappa shape index (κ1) is 21.1. The second-order valence-electron chi connectivity index (χ2n) is 6.45. The highest BCUT2D eigenvalue weighted by Crippen LogP contribution is 2.18. The molecular formula is C21H22N4O4S. The maximum atomic E-state index is 12.4. The number of anilines is 2. The summed E-state index contributed by atoms with van der Waals surface area (Å²) in [6.45, 7) is 0.373. The summed E-state index contributed by atoms with van der Waals surface area (Å²) in [5.74, 6) is 0.506. The van der Waals surface area contributed by atoms with E-state index in [4.69, 9.17) is 4.74 Å². The minimum absolute atomic E-state index is 0.158. The molecule has 0 aliphatic rings. The van der Waals surface area contributed by atoms with Crippen molar-refractivity contribution in [1.82, 2.24) is 10.3 Å². The highest BCUT2D eigenvalue weighted by atomic mass is 32.2. The van der Waals surface area contributed by atoms with Crippen molar-refractivity contribution in [1.29, 1.82) is 0 Å². The molecule has 3 rings (SSSR count). The predicted molar refractivity (Wildman–Crippen MR) is 116 cm³/mol. The van der Waals surface area contributed by atoms with Gasteiger partial charge in [-0.3, -0.25) is 9.71 Å². The van der Waals surface area contributed by atoms with Crippen LogP contribution in [0.25, 0.3) is 0 Å². The Kier molecular flexibility index (Phi) is 6.87. The van der Waals surface area contributed by atoms with Crippen molar-refractivity contribution < 1.29 is 17.9 Å². The normalized spacial score (nSPS) is 10.8. The maximum Gasteiger partial charge on any atom is 0.319 e. The zero-order valence-electron chi connectivity index (χ0n) is 16.3. The van der Waals surface area contributed by atoms with Crippen LogP contribution in [0.3, 0.4) is 0 Å². The van der Waals surface area contributed by atoms with Crippen LogP contribution in [0.1, 0.15) is 11.1 Å². The molecule has 1 heterocycles. The van der Waals surface area contributed by atoms with Crippen molar-refractivity contribution in [3.63, 3.8) is 0 Å². The van der Waals surface area contributed by atoms with Gasteiger partial charge >= 0.3 is 6.03 Å². The van der Waals surface area contributed by atoms with E-state index in [1.54, 1.807) is 68.0 Å². The van der Waals surface area contributed by atoms with Gasteiger partial charge in [0.25, 0.3) is 0 Å². The van der Waals surface area contributed by atoms with Crippen LogP contribution in [-0.2, 0) is 22.3 Å². The average molecular weight is 426 g/mol. The summed E-state index contributed by atoms with van der Waals surface area (Å²) in [5, 5.41) is 5.44. The summed E-state index contributed by atoms with van der Waals surface area (Å²) in [7, 11) is -2.03. The van der Waals surface area contributed by atoms with Crippen molar-refractivity contribution in [2.24, 2.45) is 0 Å². The Hall–Kier alpha value is -3.59. The molecule has 2 amide bonds. The van der Waals surface area contributed by atoms with Gasteiger partial charge in [0.2, 0.25) is 10.0 Å². The Labute approximate surface area is 175 Å². The quantitative estimate of drug-likeness (QED) is 0.512. The van der Waals surface area contributed by atoms with Crippen LogP contribution >= 0.6 is 0 Å². The number of sulfonamides is 1. The molecule has 3 N–H and O–H groups in total. The van der Waals surface area contributed by atoms with E-state index >= 15 is 0 Å². The molecule has 0 fully saturated rings. The van der Waals surface area contributed by atoms with Crippen LogP contribution < -0.4 is 20.1 Å². The van der Waals surface area contributed by atoms with Gasteiger partial charge in [0, 0.05) is 30.3 Å². The van der Waals surface area contributed by atoms with Crippen molar-refractivity contribution in [2.45, 2.75) is 12.3 Å². The first-order valence-corrected chi connectivity index (χ1v) is 10.8. The number of hydrogen-bond acceptors (Lipinski definition) is 5. The summed E-state index contributed by atoms with van der Waals surface area (Å²) in [6, 6.07) is 16.5. The molecule has 3 aromatic rings. The lowest BCUT2D eigenvalue weighted by Crippen LogP contribution is -2.28. The third-order valence-electron chi connectivity index (χ3n) is 4.13. The zero-order valence-corrected chi connectivity index (χ0v) is 17.1. The molecule has 0 aliphatic heterocycles. The Morgan fingerprint density at radius 3 is 2.17 bits per heavy atom.